The monoisotopic (exact) mass is 482 g/mol. The second-order valence-corrected chi connectivity index (χ2v) is 9.36. The van der Waals surface area contributed by atoms with Crippen molar-refractivity contribution in [1.82, 2.24) is 20.1 Å². The summed E-state index contributed by atoms with van der Waals surface area (Å²) >= 11 is 3.37. The summed E-state index contributed by atoms with van der Waals surface area (Å²) in [6.07, 6.45) is 5.60. The van der Waals surface area contributed by atoms with Crippen molar-refractivity contribution in [2.24, 2.45) is 5.92 Å². The molecule has 1 saturated carbocycles. The van der Waals surface area contributed by atoms with Crippen LogP contribution in [0.5, 0.6) is 5.88 Å². The average molecular weight is 483 g/mol. The smallest absolute Gasteiger partial charge is 0.317 e. The van der Waals surface area contributed by atoms with Crippen LogP contribution in [-0.4, -0.2) is 76.8 Å². The summed E-state index contributed by atoms with van der Waals surface area (Å²) in [4.78, 5) is 33.4. The van der Waals surface area contributed by atoms with Crippen LogP contribution in [0.3, 0.4) is 0 Å². The molecule has 8 nitrogen and oxygen atoms in total. The number of carbonyl (C=O) groups is 2. The van der Waals surface area contributed by atoms with Crippen LogP contribution in [-0.2, 0) is 0 Å². The molecular formula is C21H31BrN4O4. The van der Waals surface area contributed by atoms with Gasteiger partial charge in [-0.3, -0.25) is 4.79 Å². The van der Waals surface area contributed by atoms with E-state index in [1.165, 1.54) is 0 Å². The summed E-state index contributed by atoms with van der Waals surface area (Å²) in [6.45, 7) is 4.45. The molecule has 3 amide bonds. The van der Waals surface area contributed by atoms with E-state index in [0.29, 0.717) is 23.1 Å². The van der Waals surface area contributed by atoms with Gasteiger partial charge in [0, 0.05) is 36.2 Å². The fourth-order valence-electron chi connectivity index (χ4n) is 4.00. The van der Waals surface area contributed by atoms with E-state index < -0.39 is 0 Å². The maximum Gasteiger partial charge on any atom is 0.317 e. The number of aliphatic hydroxyl groups excluding tert-OH is 1. The summed E-state index contributed by atoms with van der Waals surface area (Å²) in [5.41, 5.74) is 0.347. The number of rotatable bonds is 5. The van der Waals surface area contributed by atoms with Gasteiger partial charge in [-0.15, -0.1) is 0 Å². The first-order chi connectivity index (χ1) is 14.3. The van der Waals surface area contributed by atoms with Crippen molar-refractivity contribution >= 4 is 27.9 Å². The van der Waals surface area contributed by atoms with Gasteiger partial charge in [-0.2, -0.15) is 0 Å². The molecule has 166 valence electrons. The van der Waals surface area contributed by atoms with Crippen LogP contribution < -0.4 is 10.1 Å². The molecule has 1 aliphatic carbocycles. The van der Waals surface area contributed by atoms with Crippen molar-refractivity contribution in [2.45, 2.75) is 57.7 Å². The van der Waals surface area contributed by atoms with Gasteiger partial charge in [0.1, 0.15) is 11.7 Å². The highest BCUT2D eigenvalue weighted by Crippen LogP contribution is 2.28. The lowest BCUT2D eigenvalue weighted by molar-refractivity contribution is 0.0351. The molecule has 9 heteroatoms. The van der Waals surface area contributed by atoms with E-state index in [1.807, 2.05) is 13.8 Å². The minimum absolute atomic E-state index is 0.0664. The Labute approximate surface area is 186 Å². The predicted molar refractivity (Wildman–Crippen MR) is 117 cm³/mol. The van der Waals surface area contributed by atoms with Crippen molar-refractivity contribution in [3.63, 3.8) is 0 Å². The Morgan fingerprint density at radius 1 is 1.47 bits per heavy atom. The van der Waals surface area contributed by atoms with Gasteiger partial charge in [-0.05, 0) is 41.8 Å². The normalized spacial score (nSPS) is 23.2. The van der Waals surface area contributed by atoms with Crippen molar-refractivity contribution in [3.8, 4) is 5.88 Å². The van der Waals surface area contributed by atoms with Gasteiger partial charge < -0.3 is 25.0 Å². The number of aromatic nitrogens is 1. The fourth-order valence-corrected chi connectivity index (χ4v) is 4.33. The summed E-state index contributed by atoms with van der Waals surface area (Å²) in [7, 11) is 1.76. The first-order valence-electron chi connectivity index (χ1n) is 10.6. The Kier molecular flexibility index (Phi) is 7.57. The third-order valence-corrected chi connectivity index (χ3v) is 6.40. The summed E-state index contributed by atoms with van der Waals surface area (Å²) in [6, 6.07) is 1.48. The van der Waals surface area contributed by atoms with Gasteiger partial charge >= 0.3 is 6.03 Å². The quantitative estimate of drug-likeness (QED) is 0.672. The zero-order chi connectivity index (χ0) is 21.8. The number of halogens is 1. The molecular weight excluding hydrogens is 452 g/mol. The van der Waals surface area contributed by atoms with Crippen LogP contribution in [0, 0.1) is 5.92 Å². The summed E-state index contributed by atoms with van der Waals surface area (Å²) in [5.74, 6) is -0.0410. The van der Waals surface area contributed by atoms with Crippen LogP contribution in [0.25, 0.3) is 0 Å². The Morgan fingerprint density at radius 3 is 2.83 bits per heavy atom. The molecule has 2 N–H and O–H groups in total. The molecule has 0 saturated heterocycles. The molecule has 3 atom stereocenters. The van der Waals surface area contributed by atoms with Crippen molar-refractivity contribution in [1.29, 1.82) is 0 Å². The first kappa shape index (κ1) is 22.8. The predicted octanol–water partition coefficient (Wildman–Crippen LogP) is 2.65. The number of urea groups is 1. The van der Waals surface area contributed by atoms with Gasteiger partial charge in [0.15, 0.2) is 0 Å². The number of nitrogens with zero attached hydrogens (tertiary/aromatic N) is 3. The summed E-state index contributed by atoms with van der Waals surface area (Å²) in [5, 5.41) is 12.8. The van der Waals surface area contributed by atoms with Crippen LogP contribution in [0.4, 0.5) is 4.79 Å². The number of nitrogens with one attached hydrogen (secondary N) is 1. The molecule has 2 heterocycles. The molecule has 0 unspecified atom stereocenters. The maximum atomic E-state index is 13.1. The van der Waals surface area contributed by atoms with Gasteiger partial charge in [0.2, 0.25) is 5.88 Å². The second-order valence-electron chi connectivity index (χ2n) is 8.44. The Balaban J connectivity index is 1.80. The molecule has 2 aliphatic rings. The van der Waals surface area contributed by atoms with Crippen LogP contribution >= 0.6 is 15.9 Å². The lowest BCUT2D eigenvalue weighted by atomic mass is 10.0. The third-order valence-electron chi connectivity index (χ3n) is 5.97. The highest BCUT2D eigenvalue weighted by atomic mass is 79.9. The van der Waals surface area contributed by atoms with Gasteiger partial charge in [-0.25, -0.2) is 9.78 Å². The van der Waals surface area contributed by atoms with Crippen LogP contribution in [0.1, 0.15) is 49.9 Å². The second kappa shape index (κ2) is 9.96. The highest BCUT2D eigenvalue weighted by molar-refractivity contribution is 9.10. The zero-order valence-electron chi connectivity index (χ0n) is 17.8. The van der Waals surface area contributed by atoms with E-state index in [-0.39, 0.29) is 48.5 Å². The first-order valence-corrected chi connectivity index (χ1v) is 11.3. The largest absolute Gasteiger partial charge is 0.472 e. The van der Waals surface area contributed by atoms with E-state index >= 15 is 0 Å². The fraction of sp³-hybridized carbons (Fsp3) is 0.667. The van der Waals surface area contributed by atoms with Gasteiger partial charge in [0.25, 0.3) is 5.91 Å². The molecule has 0 bridgehead atoms. The lowest BCUT2D eigenvalue weighted by Gasteiger charge is -2.37. The van der Waals surface area contributed by atoms with E-state index in [0.717, 1.165) is 25.7 Å². The van der Waals surface area contributed by atoms with E-state index in [2.05, 4.69) is 26.2 Å². The number of aliphatic hydroxyl groups is 1. The Morgan fingerprint density at radius 2 is 2.17 bits per heavy atom. The van der Waals surface area contributed by atoms with Crippen molar-refractivity contribution in [2.75, 3.05) is 26.7 Å². The molecule has 1 fully saturated rings. The molecule has 1 aromatic rings. The average Bonchev–Trinajstić information content (AvgIpc) is 3.23. The number of carbonyl (C=O) groups excluding carboxylic acids is 2. The number of fused-ring (bicyclic) bond motifs is 1. The number of likely N-dealkylation sites (N-methyl/N-ethyl adjacent to an activating group) is 1. The van der Waals surface area contributed by atoms with Crippen LogP contribution in [0.15, 0.2) is 16.7 Å². The molecule has 0 radical (unpaired) electrons. The number of amides is 3. The minimum atomic E-state index is -0.349. The zero-order valence-corrected chi connectivity index (χ0v) is 19.4. The number of pyridine rings is 1. The molecule has 1 aromatic heterocycles. The molecule has 3 rings (SSSR count). The van der Waals surface area contributed by atoms with Crippen molar-refractivity contribution in [3.05, 3.63) is 22.3 Å². The standard InChI is InChI=1S/C21H31BrN4O4/c1-13-10-26(14(2)12-27)20(28)17-8-15(22)9-23-19(17)30-18(13)11-25(3)21(29)24-16-6-4-5-7-16/h8-9,13-14,16,18,27H,4-7,10-12H2,1-3H3,(H,24,29)/t13-,14+,18-/m0/s1. The number of hydrogen-bond donors (Lipinski definition) is 2. The SMILES string of the molecule is C[C@H](CO)N1C[C@H](C)[C@H](CN(C)C(=O)NC2CCCC2)Oc2ncc(Br)cc2C1=O. The van der Waals surface area contributed by atoms with E-state index in [1.54, 1.807) is 29.1 Å². The number of ether oxygens (including phenoxy) is 1. The summed E-state index contributed by atoms with van der Waals surface area (Å²) < 4.78 is 6.84. The molecule has 30 heavy (non-hydrogen) atoms. The molecule has 0 aromatic carbocycles. The lowest BCUT2D eigenvalue weighted by Crippen LogP contribution is -2.52. The minimum Gasteiger partial charge on any atom is -0.472 e. The van der Waals surface area contributed by atoms with E-state index in [9.17, 15) is 14.7 Å². The third kappa shape index (κ3) is 5.24. The Hall–Kier alpha value is -1.87. The van der Waals surface area contributed by atoms with Crippen molar-refractivity contribution < 1.29 is 19.4 Å². The highest BCUT2D eigenvalue weighted by Gasteiger charge is 2.34. The topological polar surface area (TPSA) is 95.0 Å². The number of hydrogen-bond acceptors (Lipinski definition) is 5. The van der Waals surface area contributed by atoms with Gasteiger partial charge in [0.05, 0.1) is 19.2 Å². The molecule has 0 spiro atoms. The van der Waals surface area contributed by atoms with Gasteiger partial charge in [-0.1, -0.05) is 19.8 Å². The molecule has 1 aliphatic heterocycles. The Bertz CT molecular complexity index is 771. The van der Waals surface area contributed by atoms with Crippen LogP contribution in [0.2, 0.25) is 0 Å². The maximum absolute atomic E-state index is 13.1. The van der Waals surface area contributed by atoms with E-state index in [4.69, 9.17) is 4.74 Å².